The lowest BCUT2D eigenvalue weighted by atomic mass is 9.97. The monoisotopic (exact) mass is 278 g/mol. The molecule has 1 aliphatic rings. The smallest absolute Gasteiger partial charge is 0.175 e. The van der Waals surface area contributed by atoms with E-state index in [0.29, 0.717) is 22.8 Å². The van der Waals surface area contributed by atoms with Crippen LogP contribution >= 0.6 is 0 Å². The molecule has 106 valence electrons. The van der Waals surface area contributed by atoms with Crippen molar-refractivity contribution in [3.63, 3.8) is 0 Å². The standard InChI is InChI=1S/C15H16F2N2O/c16-11-6-10(7-12(17)8-11)14-13(20-19-15(14)18)5-9-3-1-2-4-9/h6-9H,1-5H2,(H2,18,19). The normalized spacial score (nSPS) is 15.9. The van der Waals surface area contributed by atoms with Gasteiger partial charge in [0.2, 0.25) is 0 Å². The number of hydrogen-bond acceptors (Lipinski definition) is 3. The third-order valence-electron chi connectivity index (χ3n) is 3.89. The van der Waals surface area contributed by atoms with Crippen molar-refractivity contribution in [2.24, 2.45) is 5.92 Å². The molecule has 0 spiro atoms. The fraction of sp³-hybridized carbons (Fsp3) is 0.400. The average Bonchev–Trinajstić information content (AvgIpc) is 2.99. The summed E-state index contributed by atoms with van der Waals surface area (Å²) in [5.41, 5.74) is 6.71. The van der Waals surface area contributed by atoms with Gasteiger partial charge in [-0.1, -0.05) is 30.8 Å². The van der Waals surface area contributed by atoms with Gasteiger partial charge < -0.3 is 10.3 Å². The molecule has 1 saturated carbocycles. The van der Waals surface area contributed by atoms with Crippen LogP contribution in [0.4, 0.5) is 14.6 Å². The number of halogens is 2. The van der Waals surface area contributed by atoms with E-state index in [1.54, 1.807) is 0 Å². The molecule has 3 nitrogen and oxygen atoms in total. The van der Waals surface area contributed by atoms with Gasteiger partial charge in [-0.25, -0.2) is 8.78 Å². The van der Waals surface area contributed by atoms with Crippen LogP contribution in [0.2, 0.25) is 0 Å². The second-order valence-corrected chi connectivity index (χ2v) is 5.38. The molecule has 2 N–H and O–H groups in total. The molecule has 2 aromatic rings. The Morgan fingerprint density at radius 1 is 1.15 bits per heavy atom. The molecular formula is C15H16F2N2O. The van der Waals surface area contributed by atoms with E-state index in [9.17, 15) is 8.78 Å². The molecule has 3 rings (SSSR count). The van der Waals surface area contributed by atoms with Crippen molar-refractivity contribution in [2.45, 2.75) is 32.1 Å². The number of hydrogen-bond donors (Lipinski definition) is 1. The van der Waals surface area contributed by atoms with Crippen molar-refractivity contribution < 1.29 is 13.3 Å². The molecule has 0 bridgehead atoms. The molecule has 0 radical (unpaired) electrons. The molecule has 1 aromatic heterocycles. The highest BCUT2D eigenvalue weighted by molar-refractivity contribution is 5.75. The van der Waals surface area contributed by atoms with Gasteiger partial charge in [-0.3, -0.25) is 0 Å². The summed E-state index contributed by atoms with van der Waals surface area (Å²) in [5, 5.41) is 3.75. The van der Waals surface area contributed by atoms with Gasteiger partial charge in [0.15, 0.2) is 5.82 Å². The number of aromatic nitrogens is 1. The molecule has 5 heteroatoms. The van der Waals surface area contributed by atoms with E-state index >= 15 is 0 Å². The third-order valence-corrected chi connectivity index (χ3v) is 3.89. The van der Waals surface area contributed by atoms with Crippen LogP contribution in [0.25, 0.3) is 11.1 Å². The molecule has 0 amide bonds. The first-order valence-electron chi connectivity index (χ1n) is 6.84. The zero-order valence-electron chi connectivity index (χ0n) is 11.0. The first kappa shape index (κ1) is 13.1. The third kappa shape index (κ3) is 2.53. The second kappa shape index (κ2) is 5.23. The maximum absolute atomic E-state index is 13.4. The number of nitrogen functional groups attached to an aromatic ring is 1. The maximum atomic E-state index is 13.4. The minimum atomic E-state index is -0.632. The van der Waals surface area contributed by atoms with Crippen molar-refractivity contribution in [1.29, 1.82) is 0 Å². The van der Waals surface area contributed by atoms with E-state index in [4.69, 9.17) is 10.3 Å². The Bertz CT molecular complexity index is 598. The summed E-state index contributed by atoms with van der Waals surface area (Å²) in [4.78, 5) is 0. The van der Waals surface area contributed by atoms with Gasteiger partial charge >= 0.3 is 0 Å². The molecule has 0 atom stereocenters. The predicted molar refractivity (Wildman–Crippen MR) is 71.9 cm³/mol. The van der Waals surface area contributed by atoms with Gasteiger partial charge in [-0.05, 0) is 23.6 Å². The Morgan fingerprint density at radius 3 is 2.45 bits per heavy atom. The summed E-state index contributed by atoms with van der Waals surface area (Å²) >= 11 is 0. The van der Waals surface area contributed by atoms with Gasteiger partial charge in [0.25, 0.3) is 0 Å². The van der Waals surface area contributed by atoms with E-state index in [0.717, 1.165) is 25.3 Å². The van der Waals surface area contributed by atoms with Crippen molar-refractivity contribution in [1.82, 2.24) is 5.16 Å². The summed E-state index contributed by atoms with van der Waals surface area (Å²) in [5.74, 6) is 0.0849. The molecule has 0 aliphatic heterocycles. The van der Waals surface area contributed by atoms with Crippen LogP contribution in [-0.4, -0.2) is 5.16 Å². The van der Waals surface area contributed by atoms with Gasteiger partial charge in [0, 0.05) is 12.5 Å². The summed E-state index contributed by atoms with van der Waals surface area (Å²) in [6, 6.07) is 3.35. The molecule has 1 aromatic carbocycles. The zero-order chi connectivity index (χ0) is 14.1. The Morgan fingerprint density at radius 2 is 1.80 bits per heavy atom. The predicted octanol–water partition coefficient (Wildman–Crippen LogP) is 3.93. The van der Waals surface area contributed by atoms with Gasteiger partial charge in [-0.15, -0.1) is 0 Å². The van der Waals surface area contributed by atoms with Crippen molar-refractivity contribution >= 4 is 5.82 Å². The molecule has 0 saturated heterocycles. The van der Waals surface area contributed by atoms with Crippen LogP contribution in [0.3, 0.4) is 0 Å². The zero-order valence-corrected chi connectivity index (χ0v) is 11.0. The molecule has 0 unspecified atom stereocenters. The highest BCUT2D eigenvalue weighted by atomic mass is 19.1. The molecule has 1 aliphatic carbocycles. The van der Waals surface area contributed by atoms with E-state index in [1.165, 1.54) is 25.0 Å². The fourth-order valence-corrected chi connectivity index (χ4v) is 2.96. The van der Waals surface area contributed by atoms with Gasteiger partial charge in [-0.2, -0.15) is 0 Å². The number of nitrogens with two attached hydrogens (primary N) is 1. The number of benzene rings is 1. The fourth-order valence-electron chi connectivity index (χ4n) is 2.96. The van der Waals surface area contributed by atoms with E-state index < -0.39 is 11.6 Å². The Kier molecular flexibility index (Phi) is 3.42. The van der Waals surface area contributed by atoms with Crippen molar-refractivity contribution in [2.75, 3.05) is 5.73 Å². The van der Waals surface area contributed by atoms with E-state index in [1.807, 2.05) is 0 Å². The SMILES string of the molecule is Nc1noc(CC2CCCC2)c1-c1cc(F)cc(F)c1. The van der Waals surface area contributed by atoms with Crippen LogP contribution in [0.1, 0.15) is 31.4 Å². The maximum Gasteiger partial charge on any atom is 0.175 e. The number of nitrogens with zero attached hydrogens (tertiary/aromatic N) is 1. The van der Waals surface area contributed by atoms with Gasteiger partial charge in [0.1, 0.15) is 17.4 Å². The summed E-state index contributed by atoms with van der Waals surface area (Å²) in [6.45, 7) is 0. The van der Waals surface area contributed by atoms with Crippen molar-refractivity contribution in [3.8, 4) is 11.1 Å². The molecule has 1 heterocycles. The van der Waals surface area contributed by atoms with Crippen LogP contribution in [0, 0.1) is 17.6 Å². The topological polar surface area (TPSA) is 52.0 Å². The van der Waals surface area contributed by atoms with Crippen LogP contribution in [0.15, 0.2) is 22.7 Å². The van der Waals surface area contributed by atoms with E-state index in [2.05, 4.69) is 5.16 Å². The molecule has 1 fully saturated rings. The first-order valence-corrected chi connectivity index (χ1v) is 6.84. The number of anilines is 1. The highest BCUT2D eigenvalue weighted by Crippen LogP contribution is 2.35. The van der Waals surface area contributed by atoms with Crippen LogP contribution in [-0.2, 0) is 6.42 Å². The lowest BCUT2D eigenvalue weighted by molar-refractivity contribution is 0.362. The van der Waals surface area contributed by atoms with Crippen LogP contribution in [0.5, 0.6) is 0 Å². The average molecular weight is 278 g/mol. The Balaban J connectivity index is 1.97. The Hall–Kier alpha value is -1.91. The minimum Gasteiger partial charge on any atom is -0.380 e. The molecular weight excluding hydrogens is 262 g/mol. The summed E-state index contributed by atoms with van der Waals surface area (Å²) in [6.07, 6.45) is 5.46. The summed E-state index contributed by atoms with van der Waals surface area (Å²) < 4.78 is 32.0. The second-order valence-electron chi connectivity index (χ2n) is 5.38. The number of rotatable bonds is 3. The lowest BCUT2D eigenvalue weighted by Crippen LogP contribution is -2.00. The lowest BCUT2D eigenvalue weighted by Gasteiger charge is -2.08. The summed E-state index contributed by atoms with van der Waals surface area (Å²) in [7, 11) is 0. The van der Waals surface area contributed by atoms with E-state index in [-0.39, 0.29) is 5.82 Å². The van der Waals surface area contributed by atoms with Gasteiger partial charge in [0.05, 0.1) is 5.56 Å². The molecule has 20 heavy (non-hydrogen) atoms. The van der Waals surface area contributed by atoms with Crippen molar-refractivity contribution in [3.05, 3.63) is 35.6 Å². The van der Waals surface area contributed by atoms with Crippen LogP contribution < -0.4 is 5.73 Å². The minimum absolute atomic E-state index is 0.183. The quantitative estimate of drug-likeness (QED) is 0.925. The first-order chi connectivity index (χ1) is 9.63. The Labute approximate surface area is 115 Å². The largest absolute Gasteiger partial charge is 0.380 e. The highest BCUT2D eigenvalue weighted by Gasteiger charge is 2.23.